The number of hydrogen-bond acceptors (Lipinski definition) is 3. The molecule has 1 aromatic heterocycles. The maximum absolute atomic E-state index is 4.65. The standard InChI is InChI=1S/C17H21N3/c1-3-18-11-14-8-9-17(19-12-14)20-13(2)10-15-6-4-5-7-16(15)20/h4-9,12-13,18H,3,10-11H2,1-2H3. The van der Waals surface area contributed by atoms with Crippen molar-refractivity contribution in [1.29, 1.82) is 0 Å². The first kappa shape index (κ1) is 13.1. The van der Waals surface area contributed by atoms with Crippen LogP contribution in [0.3, 0.4) is 0 Å². The van der Waals surface area contributed by atoms with Crippen molar-refractivity contribution >= 4 is 11.5 Å². The van der Waals surface area contributed by atoms with Crippen molar-refractivity contribution in [2.45, 2.75) is 32.9 Å². The second kappa shape index (κ2) is 5.63. The van der Waals surface area contributed by atoms with Crippen LogP contribution >= 0.6 is 0 Å². The Kier molecular flexibility index (Phi) is 3.70. The second-order valence-corrected chi connectivity index (χ2v) is 5.36. The number of benzene rings is 1. The summed E-state index contributed by atoms with van der Waals surface area (Å²) in [6.45, 7) is 6.24. The van der Waals surface area contributed by atoms with Gasteiger partial charge in [-0.2, -0.15) is 0 Å². The zero-order chi connectivity index (χ0) is 13.9. The molecule has 3 heteroatoms. The molecule has 0 radical (unpaired) electrons. The van der Waals surface area contributed by atoms with E-state index in [2.05, 4.69) is 65.4 Å². The Morgan fingerprint density at radius 2 is 2.10 bits per heavy atom. The van der Waals surface area contributed by atoms with Crippen molar-refractivity contribution in [3.63, 3.8) is 0 Å². The lowest BCUT2D eigenvalue weighted by Gasteiger charge is -2.24. The Bertz CT molecular complexity index is 577. The van der Waals surface area contributed by atoms with Crippen molar-refractivity contribution in [3.8, 4) is 0 Å². The van der Waals surface area contributed by atoms with Gasteiger partial charge in [-0.05, 0) is 43.1 Å². The number of aromatic nitrogens is 1. The third kappa shape index (κ3) is 2.41. The fourth-order valence-corrected chi connectivity index (χ4v) is 2.85. The summed E-state index contributed by atoms with van der Waals surface area (Å²) in [4.78, 5) is 6.99. The van der Waals surface area contributed by atoms with E-state index in [-0.39, 0.29) is 0 Å². The van der Waals surface area contributed by atoms with Gasteiger partial charge in [0, 0.05) is 24.5 Å². The van der Waals surface area contributed by atoms with Gasteiger partial charge in [0.15, 0.2) is 0 Å². The summed E-state index contributed by atoms with van der Waals surface area (Å²) in [5, 5.41) is 3.32. The molecule has 20 heavy (non-hydrogen) atoms. The molecule has 2 heterocycles. The van der Waals surface area contributed by atoms with Crippen LogP contribution in [0.1, 0.15) is 25.0 Å². The quantitative estimate of drug-likeness (QED) is 0.921. The maximum Gasteiger partial charge on any atom is 0.133 e. The van der Waals surface area contributed by atoms with E-state index >= 15 is 0 Å². The van der Waals surface area contributed by atoms with Gasteiger partial charge in [-0.15, -0.1) is 0 Å². The third-order valence-electron chi connectivity index (χ3n) is 3.84. The molecular weight excluding hydrogens is 246 g/mol. The van der Waals surface area contributed by atoms with E-state index < -0.39 is 0 Å². The van der Waals surface area contributed by atoms with Gasteiger partial charge in [-0.1, -0.05) is 31.2 Å². The van der Waals surface area contributed by atoms with Gasteiger partial charge in [0.1, 0.15) is 5.82 Å². The first-order valence-corrected chi connectivity index (χ1v) is 7.32. The molecule has 1 N–H and O–H groups in total. The zero-order valence-corrected chi connectivity index (χ0v) is 12.1. The molecule has 3 nitrogen and oxygen atoms in total. The molecule has 1 aromatic carbocycles. The van der Waals surface area contributed by atoms with Crippen molar-refractivity contribution < 1.29 is 0 Å². The van der Waals surface area contributed by atoms with Crippen LogP contribution in [0.25, 0.3) is 0 Å². The Balaban J connectivity index is 1.86. The minimum Gasteiger partial charge on any atom is -0.323 e. The van der Waals surface area contributed by atoms with Crippen LogP contribution < -0.4 is 10.2 Å². The fraction of sp³-hybridized carbons (Fsp3) is 0.353. The molecule has 0 bridgehead atoms. The normalized spacial score (nSPS) is 17.3. The van der Waals surface area contributed by atoms with Crippen LogP contribution in [-0.2, 0) is 13.0 Å². The molecule has 3 rings (SSSR count). The Hall–Kier alpha value is -1.87. The topological polar surface area (TPSA) is 28.2 Å². The Morgan fingerprint density at radius 3 is 2.85 bits per heavy atom. The molecule has 0 saturated heterocycles. The predicted molar refractivity (Wildman–Crippen MR) is 83.4 cm³/mol. The number of nitrogens with zero attached hydrogens (tertiary/aromatic N) is 2. The van der Waals surface area contributed by atoms with E-state index in [9.17, 15) is 0 Å². The van der Waals surface area contributed by atoms with Crippen LogP contribution in [0, 0.1) is 0 Å². The molecule has 0 fully saturated rings. The molecule has 104 valence electrons. The second-order valence-electron chi connectivity index (χ2n) is 5.36. The first-order chi connectivity index (χ1) is 9.79. The lowest BCUT2D eigenvalue weighted by Crippen LogP contribution is -2.24. The smallest absolute Gasteiger partial charge is 0.133 e. The summed E-state index contributed by atoms with van der Waals surface area (Å²) in [7, 11) is 0. The Labute approximate surface area is 120 Å². The summed E-state index contributed by atoms with van der Waals surface area (Å²) in [6.07, 6.45) is 3.07. The summed E-state index contributed by atoms with van der Waals surface area (Å²) >= 11 is 0. The molecule has 1 aliphatic heterocycles. The van der Waals surface area contributed by atoms with E-state index in [1.54, 1.807) is 0 Å². The lowest BCUT2D eigenvalue weighted by atomic mass is 10.1. The number of hydrogen-bond donors (Lipinski definition) is 1. The molecule has 1 aliphatic rings. The van der Waals surface area contributed by atoms with Gasteiger partial charge >= 0.3 is 0 Å². The zero-order valence-electron chi connectivity index (χ0n) is 12.1. The highest BCUT2D eigenvalue weighted by Gasteiger charge is 2.27. The van der Waals surface area contributed by atoms with Gasteiger partial charge in [0.05, 0.1) is 0 Å². The SMILES string of the molecule is CCNCc1ccc(N2c3ccccc3CC2C)nc1. The summed E-state index contributed by atoms with van der Waals surface area (Å²) < 4.78 is 0. The van der Waals surface area contributed by atoms with Crippen LogP contribution in [-0.4, -0.2) is 17.6 Å². The highest BCUT2D eigenvalue weighted by Crippen LogP contribution is 2.36. The van der Waals surface area contributed by atoms with Gasteiger partial charge in [-0.25, -0.2) is 4.98 Å². The number of fused-ring (bicyclic) bond motifs is 1. The van der Waals surface area contributed by atoms with E-state index in [0.717, 1.165) is 25.3 Å². The highest BCUT2D eigenvalue weighted by atomic mass is 15.2. The number of anilines is 2. The summed E-state index contributed by atoms with van der Waals surface area (Å²) in [6, 6.07) is 13.4. The monoisotopic (exact) mass is 267 g/mol. The summed E-state index contributed by atoms with van der Waals surface area (Å²) in [5.74, 6) is 1.04. The van der Waals surface area contributed by atoms with Crippen LogP contribution in [0.2, 0.25) is 0 Å². The average Bonchev–Trinajstić information content (AvgIpc) is 2.81. The summed E-state index contributed by atoms with van der Waals surface area (Å²) in [5.41, 5.74) is 3.95. The number of para-hydroxylation sites is 1. The molecule has 0 amide bonds. The average molecular weight is 267 g/mol. The Morgan fingerprint density at radius 1 is 1.25 bits per heavy atom. The van der Waals surface area contributed by atoms with Crippen molar-refractivity contribution in [2.24, 2.45) is 0 Å². The van der Waals surface area contributed by atoms with Crippen molar-refractivity contribution in [2.75, 3.05) is 11.4 Å². The largest absolute Gasteiger partial charge is 0.323 e. The van der Waals surface area contributed by atoms with Gasteiger partial charge in [0.2, 0.25) is 0 Å². The van der Waals surface area contributed by atoms with E-state index in [4.69, 9.17) is 0 Å². The van der Waals surface area contributed by atoms with Gasteiger partial charge in [-0.3, -0.25) is 0 Å². The molecule has 1 unspecified atom stereocenters. The maximum atomic E-state index is 4.65. The van der Waals surface area contributed by atoms with E-state index in [1.807, 2.05) is 6.20 Å². The minimum absolute atomic E-state index is 0.472. The minimum atomic E-state index is 0.472. The molecular formula is C17H21N3. The fourth-order valence-electron chi connectivity index (χ4n) is 2.85. The first-order valence-electron chi connectivity index (χ1n) is 7.32. The molecule has 1 atom stereocenters. The van der Waals surface area contributed by atoms with Crippen LogP contribution in [0.4, 0.5) is 11.5 Å². The number of nitrogens with one attached hydrogen (secondary N) is 1. The number of pyridine rings is 1. The third-order valence-corrected chi connectivity index (χ3v) is 3.84. The highest BCUT2D eigenvalue weighted by molar-refractivity contribution is 5.68. The van der Waals surface area contributed by atoms with Crippen molar-refractivity contribution in [3.05, 3.63) is 53.7 Å². The molecule has 0 spiro atoms. The molecule has 0 saturated carbocycles. The van der Waals surface area contributed by atoms with Gasteiger partial charge < -0.3 is 10.2 Å². The lowest BCUT2D eigenvalue weighted by molar-refractivity contribution is 0.721. The van der Waals surface area contributed by atoms with Gasteiger partial charge in [0.25, 0.3) is 0 Å². The molecule has 2 aromatic rings. The van der Waals surface area contributed by atoms with Crippen LogP contribution in [0.15, 0.2) is 42.6 Å². The molecule has 0 aliphatic carbocycles. The van der Waals surface area contributed by atoms with Crippen LogP contribution in [0.5, 0.6) is 0 Å². The van der Waals surface area contributed by atoms with E-state index in [1.165, 1.54) is 16.8 Å². The predicted octanol–water partition coefficient (Wildman–Crippen LogP) is 3.27. The number of rotatable bonds is 4. The van der Waals surface area contributed by atoms with Crippen molar-refractivity contribution in [1.82, 2.24) is 10.3 Å². The van der Waals surface area contributed by atoms with E-state index in [0.29, 0.717) is 6.04 Å².